The van der Waals surface area contributed by atoms with Gasteiger partial charge in [0.2, 0.25) is 0 Å². The normalized spacial score (nSPS) is 27.7. The summed E-state index contributed by atoms with van der Waals surface area (Å²) in [5.41, 5.74) is 0. The fraction of sp³-hybridized carbons (Fsp3) is 0.800. The first-order chi connectivity index (χ1) is 7.24. The van der Waals surface area contributed by atoms with Crippen molar-refractivity contribution in [3.05, 3.63) is 0 Å². The Morgan fingerprint density at radius 3 is 2.73 bits per heavy atom. The highest BCUT2D eigenvalue weighted by Crippen LogP contribution is 2.13. The van der Waals surface area contributed by atoms with E-state index in [9.17, 15) is 9.59 Å². The van der Waals surface area contributed by atoms with Crippen molar-refractivity contribution < 1.29 is 9.59 Å². The molecular weight excluding hydrogens is 194 g/mol. The Labute approximate surface area is 89.4 Å². The van der Waals surface area contributed by atoms with Crippen LogP contribution in [0.15, 0.2) is 0 Å². The number of nitrogens with one attached hydrogen (secondary N) is 1. The summed E-state index contributed by atoms with van der Waals surface area (Å²) in [4.78, 5) is 26.8. The summed E-state index contributed by atoms with van der Waals surface area (Å²) in [5, 5.41) is 3.21. The molecule has 0 aromatic carbocycles. The molecule has 0 spiro atoms. The maximum Gasteiger partial charge on any atom is 0.312 e. The van der Waals surface area contributed by atoms with E-state index in [1.807, 2.05) is 6.92 Å². The van der Waals surface area contributed by atoms with E-state index in [-0.39, 0.29) is 17.9 Å². The molecule has 2 aliphatic heterocycles. The van der Waals surface area contributed by atoms with Crippen molar-refractivity contribution in [2.24, 2.45) is 0 Å². The predicted octanol–water partition coefficient (Wildman–Crippen LogP) is -0.961. The topological polar surface area (TPSA) is 52.6 Å². The van der Waals surface area contributed by atoms with Crippen LogP contribution in [0.25, 0.3) is 0 Å². The lowest BCUT2D eigenvalue weighted by atomic mass is 10.2. The number of carbonyl (C=O) groups excluding carboxylic acids is 2. The Balaban J connectivity index is 2.03. The first kappa shape index (κ1) is 10.4. The molecule has 0 saturated carbocycles. The number of hydrogen-bond acceptors (Lipinski definition) is 3. The van der Waals surface area contributed by atoms with Crippen molar-refractivity contribution in [3.63, 3.8) is 0 Å². The molecule has 2 fully saturated rings. The number of amides is 2. The van der Waals surface area contributed by atoms with Crippen LogP contribution in [-0.2, 0) is 9.59 Å². The highest BCUT2D eigenvalue weighted by Gasteiger charge is 2.36. The predicted molar refractivity (Wildman–Crippen MR) is 55.2 cm³/mol. The molecule has 2 saturated heterocycles. The van der Waals surface area contributed by atoms with Gasteiger partial charge in [0.1, 0.15) is 0 Å². The summed E-state index contributed by atoms with van der Waals surface area (Å²) < 4.78 is 0. The lowest BCUT2D eigenvalue weighted by Gasteiger charge is -2.36. The second kappa shape index (κ2) is 4.18. The lowest BCUT2D eigenvalue weighted by Crippen LogP contribution is -2.57. The second-order valence-electron chi connectivity index (χ2n) is 4.03. The van der Waals surface area contributed by atoms with Crippen molar-refractivity contribution in [2.45, 2.75) is 19.4 Å². The van der Waals surface area contributed by atoms with Crippen LogP contribution >= 0.6 is 0 Å². The van der Waals surface area contributed by atoms with Gasteiger partial charge in [-0.15, -0.1) is 0 Å². The van der Waals surface area contributed by atoms with Gasteiger partial charge >= 0.3 is 11.8 Å². The zero-order valence-corrected chi connectivity index (χ0v) is 9.03. The molecule has 1 N–H and O–H groups in total. The minimum Gasteiger partial charge on any atom is -0.333 e. The first-order valence-electron chi connectivity index (χ1n) is 5.54. The summed E-state index contributed by atoms with van der Waals surface area (Å²) in [5.74, 6) is -0.660. The van der Waals surface area contributed by atoms with Gasteiger partial charge in [0.05, 0.1) is 0 Å². The third-order valence-electron chi connectivity index (χ3n) is 3.20. The fourth-order valence-corrected chi connectivity index (χ4v) is 2.25. The van der Waals surface area contributed by atoms with Gasteiger partial charge in [0.15, 0.2) is 0 Å². The Bertz CT molecular complexity index is 274. The molecule has 0 bridgehead atoms. The molecule has 2 heterocycles. The maximum absolute atomic E-state index is 11.8. The Morgan fingerprint density at radius 2 is 2.13 bits per heavy atom. The van der Waals surface area contributed by atoms with E-state index in [0.717, 1.165) is 19.5 Å². The van der Waals surface area contributed by atoms with Gasteiger partial charge in [-0.05, 0) is 19.9 Å². The van der Waals surface area contributed by atoms with Crippen molar-refractivity contribution >= 4 is 11.8 Å². The lowest BCUT2D eigenvalue weighted by molar-refractivity contribution is -0.157. The third-order valence-corrected chi connectivity index (χ3v) is 3.20. The van der Waals surface area contributed by atoms with Gasteiger partial charge in [-0.3, -0.25) is 9.59 Å². The SMILES string of the molecule is CCN1CCN(C2CCNC2)C(=O)C1=O. The summed E-state index contributed by atoms with van der Waals surface area (Å²) in [6.07, 6.45) is 0.963. The van der Waals surface area contributed by atoms with Crippen LogP contribution in [0.2, 0.25) is 0 Å². The minimum absolute atomic E-state index is 0.223. The maximum atomic E-state index is 11.8. The van der Waals surface area contributed by atoms with Gasteiger partial charge in [-0.25, -0.2) is 0 Å². The molecule has 1 unspecified atom stereocenters. The quantitative estimate of drug-likeness (QED) is 0.598. The third kappa shape index (κ3) is 1.84. The summed E-state index contributed by atoms with van der Waals surface area (Å²) in [6.45, 7) is 5.66. The van der Waals surface area contributed by atoms with Gasteiger partial charge in [-0.1, -0.05) is 0 Å². The smallest absolute Gasteiger partial charge is 0.312 e. The van der Waals surface area contributed by atoms with Gasteiger partial charge < -0.3 is 15.1 Å². The number of likely N-dealkylation sites (N-methyl/N-ethyl adjacent to an activating group) is 1. The van der Waals surface area contributed by atoms with Gasteiger partial charge in [-0.2, -0.15) is 0 Å². The van der Waals surface area contributed by atoms with Crippen LogP contribution in [0.3, 0.4) is 0 Å². The van der Waals surface area contributed by atoms with E-state index in [4.69, 9.17) is 0 Å². The highest BCUT2D eigenvalue weighted by atomic mass is 16.2. The molecule has 15 heavy (non-hydrogen) atoms. The molecule has 0 radical (unpaired) electrons. The van der Waals surface area contributed by atoms with E-state index in [1.54, 1.807) is 9.80 Å². The van der Waals surface area contributed by atoms with Crippen LogP contribution in [0.5, 0.6) is 0 Å². The van der Waals surface area contributed by atoms with Crippen LogP contribution < -0.4 is 5.32 Å². The zero-order chi connectivity index (χ0) is 10.8. The van der Waals surface area contributed by atoms with Crippen LogP contribution in [0, 0.1) is 0 Å². The summed E-state index contributed by atoms with van der Waals surface area (Å²) >= 11 is 0. The molecule has 5 heteroatoms. The van der Waals surface area contributed by atoms with Gasteiger partial charge in [0.25, 0.3) is 0 Å². The number of carbonyl (C=O) groups is 2. The Morgan fingerprint density at radius 1 is 1.33 bits per heavy atom. The molecule has 84 valence electrons. The van der Waals surface area contributed by atoms with Crippen LogP contribution in [-0.4, -0.2) is 60.4 Å². The molecule has 0 aromatic rings. The number of hydrogen-bond donors (Lipinski definition) is 1. The highest BCUT2D eigenvalue weighted by molar-refractivity contribution is 6.35. The fourth-order valence-electron chi connectivity index (χ4n) is 2.25. The molecule has 0 aliphatic carbocycles. The van der Waals surface area contributed by atoms with Crippen LogP contribution in [0.4, 0.5) is 0 Å². The largest absolute Gasteiger partial charge is 0.333 e. The molecular formula is C10H17N3O2. The van der Waals surface area contributed by atoms with E-state index in [0.29, 0.717) is 19.6 Å². The number of nitrogens with zero attached hydrogens (tertiary/aromatic N) is 2. The van der Waals surface area contributed by atoms with Gasteiger partial charge in [0, 0.05) is 32.2 Å². The molecule has 0 aromatic heterocycles. The number of piperazine rings is 1. The molecule has 2 rings (SSSR count). The Kier molecular flexibility index (Phi) is 2.90. The molecule has 5 nitrogen and oxygen atoms in total. The first-order valence-corrected chi connectivity index (χ1v) is 5.54. The van der Waals surface area contributed by atoms with Crippen LogP contribution in [0.1, 0.15) is 13.3 Å². The minimum atomic E-state index is -0.337. The molecule has 1 atom stereocenters. The van der Waals surface area contributed by atoms with E-state index < -0.39 is 0 Å². The standard InChI is InChI=1S/C10H17N3O2/c1-2-12-5-6-13(10(15)9(12)14)8-3-4-11-7-8/h8,11H,2-7H2,1H3. The molecule has 2 aliphatic rings. The Hall–Kier alpha value is -1.10. The summed E-state index contributed by atoms with van der Waals surface area (Å²) in [6, 6.07) is 0.223. The van der Waals surface area contributed by atoms with Crippen molar-refractivity contribution in [1.29, 1.82) is 0 Å². The van der Waals surface area contributed by atoms with E-state index >= 15 is 0 Å². The summed E-state index contributed by atoms with van der Waals surface area (Å²) in [7, 11) is 0. The average molecular weight is 211 g/mol. The monoisotopic (exact) mass is 211 g/mol. The average Bonchev–Trinajstić information content (AvgIpc) is 2.75. The molecule has 2 amide bonds. The van der Waals surface area contributed by atoms with Crippen molar-refractivity contribution in [1.82, 2.24) is 15.1 Å². The number of rotatable bonds is 2. The van der Waals surface area contributed by atoms with E-state index in [2.05, 4.69) is 5.32 Å². The van der Waals surface area contributed by atoms with E-state index in [1.165, 1.54) is 0 Å². The van der Waals surface area contributed by atoms with Crippen molar-refractivity contribution in [3.8, 4) is 0 Å². The van der Waals surface area contributed by atoms with Crippen molar-refractivity contribution in [2.75, 3.05) is 32.7 Å². The zero-order valence-electron chi connectivity index (χ0n) is 9.03. The second-order valence-corrected chi connectivity index (χ2v) is 4.03.